The number of hydrogen-bond donors (Lipinski definition) is 2. The van der Waals surface area contributed by atoms with Crippen LogP contribution in [0.1, 0.15) is 64.2 Å². The maximum absolute atomic E-state index is 12.5. The van der Waals surface area contributed by atoms with Crippen molar-refractivity contribution in [2.75, 3.05) is 0 Å². The molecule has 1 unspecified atom stereocenters. The van der Waals surface area contributed by atoms with Crippen LogP contribution in [0.4, 0.5) is 0 Å². The van der Waals surface area contributed by atoms with Gasteiger partial charge in [0.2, 0.25) is 5.91 Å². The monoisotopic (exact) mass is 330 g/mol. The molecule has 6 nitrogen and oxygen atoms in total. The van der Waals surface area contributed by atoms with Gasteiger partial charge in [-0.25, -0.2) is 0 Å². The van der Waals surface area contributed by atoms with Crippen LogP contribution in [0.5, 0.6) is 0 Å². The van der Waals surface area contributed by atoms with Crippen LogP contribution in [0.3, 0.4) is 0 Å². The summed E-state index contributed by atoms with van der Waals surface area (Å²) in [6.07, 6.45) is 6.61. The van der Waals surface area contributed by atoms with Gasteiger partial charge in [0.15, 0.2) is 11.5 Å². The Morgan fingerprint density at radius 2 is 2.04 bits per heavy atom. The molecule has 2 aromatic rings. The van der Waals surface area contributed by atoms with Crippen molar-refractivity contribution in [3.63, 3.8) is 0 Å². The second-order valence-corrected chi connectivity index (χ2v) is 7.24. The molecule has 0 aromatic carbocycles. The summed E-state index contributed by atoms with van der Waals surface area (Å²) >= 11 is 0. The van der Waals surface area contributed by atoms with Gasteiger partial charge in [-0.05, 0) is 30.9 Å². The van der Waals surface area contributed by atoms with E-state index in [2.05, 4.69) is 15.5 Å². The minimum absolute atomic E-state index is 0.120. The van der Waals surface area contributed by atoms with Crippen molar-refractivity contribution < 1.29 is 9.90 Å². The number of aliphatic hydroxyl groups is 1. The molecule has 6 heteroatoms. The van der Waals surface area contributed by atoms with E-state index < -0.39 is 5.60 Å². The summed E-state index contributed by atoms with van der Waals surface area (Å²) in [6.45, 7) is 4.09. The summed E-state index contributed by atoms with van der Waals surface area (Å²) in [4.78, 5) is 12.5. The van der Waals surface area contributed by atoms with Crippen LogP contribution in [0.15, 0.2) is 24.4 Å². The molecule has 1 saturated carbocycles. The first-order valence-corrected chi connectivity index (χ1v) is 8.80. The number of fused-ring (bicyclic) bond motifs is 1. The Balaban J connectivity index is 1.75. The number of amides is 1. The number of nitrogens with one attached hydrogen (secondary N) is 1. The van der Waals surface area contributed by atoms with Crippen molar-refractivity contribution in [2.24, 2.45) is 5.92 Å². The van der Waals surface area contributed by atoms with E-state index in [9.17, 15) is 9.90 Å². The van der Waals surface area contributed by atoms with Gasteiger partial charge in [-0.15, -0.1) is 10.2 Å². The third-order valence-corrected chi connectivity index (χ3v) is 4.88. The van der Waals surface area contributed by atoms with E-state index in [1.54, 1.807) is 0 Å². The van der Waals surface area contributed by atoms with Gasteiger partial charge in [-0.2, -0.15) is 0 Å². The van der Waals surface area contributed by atoms with Gasteiger partial charge in [0, 0.05) is 6.20 Å². The number of hydrogen-bond acceptors (Lipinski definition) is 4. The van der Waals surface area contributed by atoms with E-state index in [1.807, 2.05) is 42.6 Å². The Kier molecular flexibility index (Phi) is 4.85. The van der Waals surface area contributed by atoms with E-state index in [0.29, 0.717) is 12.8 Å². The minimum Gasteiger partial charge on any atom is -0.389 e. The van der Waals surface area contributed by atoms with Crippen molar-refractivity contribution in [3.05, 3.63) is 30.2 Å². The molecule has 1 fully saturated rings. The summed E-state index contributed by atoms with van der Waals surface area (Å²) < 4.78 is 1.90. The highest BCUT2D eigenvalue weighted by Crippen LogP contribution is 2.31. The maximum Gasteiger partial charge on any atom is 0.223 e. The first-order chi connectivity index (χ1) is 11.5. The van der Waals surface area contributed by atoms with Gasteiger partial charge < -0.3 is 10.4 Å². The summed E-state index contributed by atoms with van der Waals surface area (Å²) in [5.74, 6) is 0.776. The molecule has 1 amide bonds. The van der Waals surface area contributed by atoms with E-state index >= 15 is 0 Å². The maximum atomic E-state index is 12.5. The first kappa shape index (κ1) is 16.9. The Labute approximate surface area is 142 Å². The quantitative estimate of drug-likeness (QED) is 0.883. The lowest BCUT2D eigenvalue weighted by molar-refractivity contribution is -0.128. The second-order valence-electron chi connectivity index (χ2n) is 7.24. The van der Waals surface area contributed by atoms with Gasteiger partial charge in [0.05, 0.1) is 18.1 Å². The lowest BCUT2D eigenvalue weighted by atomic mass is 9.82. The highest BCUT2D eigenvalue weighted by molar-refractivity contribution is 5.77. The van der Waals surface area contributed by atoms with Crippen molar-refractivity contribution >= 4 is 11.6 Å². The molecular formula is C18H26N4O2. The Bertz CT molecular complexity index is 704. The second kappa shape index (κ2) is 6.89. The summed E-state index contributed by atoms with van der Waals surface area (Å²) in [5.41, 5.74) is -0.0881. The normalized spacial score (nSPS) is 18.7. The predicted molar refractivity (Wildman–Crippen MR) is 91.4 cm³/mol. The zero-order valence-corrected chi connectivity index (χ0v) is 14.4. The zero-order chi connectivity index (χ0) is 17.2. The van der Waals surface area contributed by atoms with Crippen molar-refractivity contribution in [1.29, 1.82) is 0 Å². The zero-order valence-electron chi connectivity index (χ0n) is 14.4. The molecule has 2 aromatic heterocycles. The lowest BCUT2D eigenvalue weighted by Gasteiger charge is -2.32. The van der Waals surface area contributed by atoms with Crippen molar-refractivity contribution in [2.45, 2.75) is 64.0 Å². The van der Waals surface area contributed by atoms with Crippen LogP contribution < -0.4 is 5.32 Å². The number of nitrogens with zero attached hydrogens (tertiary/aromatic N) is 3. The Morgan fingerprint density at radius 3 is 2.75 bits per heavy atom. The Hall–Kier alpha value is -1.95. The molecule has 0 bridgehead atoms. The molecule has 2 N–H and O–H groups in total. The van der Waals surface area contributed by atoms with Crippen LogP contribution in [-0.2, 0) is 4.79 Å². The minimum atomic E-state index is -0.850. The fraction of sp³-hybridized carbons (Fsp3) is 0.611. The smallest absolute Gasteiger partial charge is 0.223 e. The van der Waals surface area contributed by atoms with Crippen LogP contribution >= 0.6 is 0 Å². The number of aromatic nitrogens is 3. The molecule has 0 radical (unpaired) electrons. The molecule has 0 aliphatic heterocycles. The summed E-state index contributed by atoms with van der Waals surface area (Å²) in [6, 6.07) is 5.49. The number of rotatable bonds is 5. The highest BCUT2D eigenvalue weighted by atomic mass is 16.3. The van der Waals surface area contributed by atoms with Gasteiger partial charge in [0.1, 0.15) is 0 Å². The summed E-state index contributed by atoms with van der Waals surface area (Å²) in [7, 11) is 0. The topological polar surface area (TPSA) is 79.5 Å². The standard InChI is InChI=1S/C18H26N4O2/c1-13(2)16(17-21-20-14-8-4-7-11-22(14)17)19-15(23)12-18(24)9-5-3-6-10-18/h4,7-8,11,13,16,24H,3,5-6,9-10,12H2,1-2H3,(H,19,23). The number of carbonyl (C=O) groups excluding carboxylic acids is 1. The molecule has 3 rings (SSSR count). The van der Waals surface area contributed by atoms with E-state index in [4.69, 9.17) is 0 Å². The third kappa shape index (κ3) is 3.59. The molecule has 24 heavy (non-hydrogen) atoms. The van der Waals surface area contributed by atoms with E-state index in [1.165, 1.54) is 0 Å². The van der Waals surface area contributed by atoms with Crippen LogP contribution in [0.25, 0.3) is 5.65 Å². The van der Waals surface area contributed by atoms with Crippen LogP contribution in [-0.4, -0.2) is 31.2 Å². The average molecular weight is 330 g/mol. The fourth-order valence-corrected chi connectivity index (χ4v) is 3.51. The molecular weight excluding hydrogens is 304 g/mol. The first-order valence-electron chi connectivity index (χ1n) is 8.80. The predicted octanol–water partition coefficient (Wildman–Crippen LogP) is 2.63. The average Bonchev–Trinajstić information content (AvgIpc) is 2.96. The van der Waals surface area contributed by atoms with Gasteiger partial charge in [-0.1, -0.05) is 39.2 Å². The van der Waals surface area contributed by atoms with Gasteiger partial charge in [-0.3, -0.25) is 9.20 Å². The van der Waals surface area contributed by atoms with Gasteiger partial charge >= 0.3 is 0 Å². The largest absolute Gasteiger partial charge is 0.389 e. The number of pyridine rings is 1. The van der Waals surface area contributed by atoms with Crippen molar-refractivity contribution in [3.8, 4) is 0 Å². The Morgan fingerprint density at radius 1 is 1.29 bits per heavy atom. The molecule has 1 atom stereocenters. The molecule has 2 heterocycles. The fourth-order valence-electron chi connectivity index (χ4n) is 3.51. The molecule has 0 spiro atoms. The van der Waals surface area contributed by atoms with Gasteiger partial charge in [0.25, 0.3) is 0 Å². The number of carbonyl (C=O) groups is 1. The molecule has 0 saturated heterocycles. The van der Waals surface area contributed by atoms with E-state index in [-0.39, 0.29) is 24.3 Å². The lowest BCUT2D eigenvalue weighted by Crippen LogP contribution is -2.41. The van der Waals surface area contributed by atoms with Crippen LogP contribution in [0.2, 0.25) is 0 Å². The highest BCUT2D eigenvalue weighted by Gasteiger charge is 2.33. The van der Waals surface area contributed by atoms with Crippen molar-refractivity contribution in [1.82, 2.24) is 19.9 Å². The molecule has 130 valence electrons. The van der Waals surface area contributed by atoms with Crippen LogP contribution in [0, 0.1) is 5.92 Å². The van der Waals surface area contributed by atoms with E-state index in [0.717, 1.165) is 30.7 Å². The third-order valence-electron chi connectivity index (χ3n) is 4.88. The SMILES string of the molecule is CC(C)C(NC(=O)CC1(O)CCCCC1)c1nnc2ccccn12. The molecule has 1 aliphatic rings. The molecule has 1 aliphatic carbocycles. The summed E-state index contributed by atoms with van der Waals surface area (Å²) in [5, 5.41) is 22.1.